The van der Waals surface area contributed by atoms with E-state index >= 15 is 0 Å². The molecule has 0 radical (unpaired) electrons. The Bertz CT molecular complexity index is 806. The molecule has 0 amide bonds. The Morgan fingerprint density at radius 2 is 1.94 bits per heavy atom. The first kappa shape index (κ1) is 25.5. The highest BCUT2D eigenvalue weighted by atomic mass is 16.6. The number of benzene rings is 1. The predicted octanol–water partition coefficient (Wildman–Crippen LogP) is 3.51. The first-order valence-electron chi connectivity index (χ1n) is 12.3. The van der Waals surface area contributed by atoms with Crippen LogP contribution in [-0.4, -0.2) is 52.2 Å². The molecular formula is C26H38O7. The maximum atomic E-state index is 12.2. The molecule has 1 fully saturated rings. The van der Waals surface area contributed by atoms with Crippen molar-refractivity contribution >= 4 is 11.9 Å². The molecule has 3 rings (SSSR count). The third-order valence-corrected chi connectivity index (χ3v) is 7.25. The highest BCUT2D eigenvalue weighted by Gasteiger charge is 2.47. The van der Waals surface area contributed by atoms with Crippen LogP contribution < -0.4 is 4.74 Å². The van der Waals surface area contributed by atoms with Gasteiger partial charge in [-0.15, -0.1) is 0 Å². The summed E-state index contributed by atoms with van der Waals surface area (Å²) in [6.45, 7) is 3.18. The average molecular weight is 463 g/mol. The van der Waals surface area contributed by atoms with Crippen molar-refractivity contribution in [3.05, 3.63) is 29.3 Å². The van der Waals surface area contributed by atoms with Crippen LogP contribution in [0, 0.1) is 17.8 Å². The second-order valence-corrected chi connectivity index (χ2v) is 9.69. The predicted molar refractivity (Wildman–Crippen MR) is 123 cm³/mol. The van der Waals surface area contributed by atoms with E-state index in [1.807, 2.05) is 12.1 Å². The van der Waals surface area contributed by atoms with Gasteiger partial charge in [-0.05, 0) is 80.4 Å². The second-order valence-electron chi connectivity index (χ2n) is 9.69. The van der Waals surface area contributed by atoms with Crippen molar-refractivity contribution in [2.45, 2.75) is 89.9 Å². The quantitative estimate of drug-likeness (QED) is 0.322. The number of unbranched alkanes of at least 4 members (excludes halogenated alkanes) is 2. The number of aliphatic carboxylic acids is 1. The average Bonchev–Trinajstić information content (AvgIpc) is 3.10. The molecule has 2 aliphatic rings. The minimum absolute atomic E-state index is 0.121. The number of ether oxygens (including phenoxy) is 2. The number of hydrogen-bond donors (Lipinski definition) is 3. The molecule has 1 saturated carbocycles. The van der Waals surface area contributed by atoms with Crippen molar-refractivity contribution in [1.82, 2.24) is 0 Å². The van der Waals surface area contributed by atoms with Gasteiger partial charge in [-0.25, -0.2) is 9.59 Å². The zero-order valence-corrected chi connectivity index (χ0v) is 19.7. The summed E-state index contributed by atoms with van der Waals surface area (Å²) < 4.78 is 11.3. The van der Waals surface area contributed by atoms with Crippen molar-refractivity contribution in [2.75, 3.05) is 6.61 Å². The molecule has 1 aromatic rings. The standard InChI is InChI=1S/C26H38O7/c1-3-4-5-8-19(28)10-11-20-21-12-17-7-6-9-23(32-15-25(29)30)22(17)13-18(21)14-24(20)33-26(31)16(2)27/h6-7,9,16,18-21,24,27-28H,3-5,8,10-15H2,1-2H3,(H,29,30)/t16-,18-,19-,20+,21-,24+/m0/s1. The fraction of sp³-hybridized carbons (Fsp3) is 0.692. The molecular weight excluding hydrogens is 424 g/mol. The minimum Gasteiger partial charge on any atom is -0.482 e. The van der Waals surface area contributed by atoms with Gasteiger partial charge in [0.15, 0.2) is 6.61 Å². The van der Waals surface area contributed by atoms with E-state index < -0.39 is 18.0 Å². The Morgan fingerprint density at radius 3 is 2.64 bits per heavy atom. The van der Waals surface area contributed by atoms with Crippen LogP contribution in [0.2, 0.25) is 0 Å². The zero-order chi connectivity index (χ0) is 24.0. The Hall–Kier alpha value is -2.12. The number of carboxylic acid groups (broad SMARTS) is 1. The van der Waals surface area contributed by atoms with Crippen molar-refractivity contribution in [3.63, 3.8) is 0 Å². The summed E-state index contributed by atoms with van der Waals surface area (Å²) in [4.78, 5) is 23.1. The summed E-state index contributed by atoms with van der Waals surface area (Å²) in [5, 5.41) is 29.1. The van der Waals surface area contributed by atoms with Gasteiger partial charge in [0.2, 0.25) is 0 Å². The van der Waals surface area contributed by atoms with Gasteiger partial charge in [0.25, 0.3) is 0 Å². The molecule has 6 atom stereocenters. The minimum atomic E-state index is -1.17. The van der Waals surface area contributed by atoms with Crippen molar-refractivity contribution in [1.29, 1.82) is 0 Å². The summed E-state index contributed by atoms with van der Waals surface area (Å²) in [5.41, 5.74) is 2.19. The number of hydrogen-bond acceptors (Lipinski definition) is 6. The fourth-order valence-electron chi connectivity index (χ4n) is 5.59. The maximum absolute atomic E-state index is 12.2. The Kier molecular flexibility index (Phi) is 9.15. The fourth-order valence-corrected chi connectivity index (χ4v) is 5.59. The molecule has 0 spiro atoms. The monoisotopic (exact) mass is 462 g/mol. The lowest BCUT2D eigenvalue weighted by atomic mass is 9.73. The summed E-state index contributed by atoms with van der Waals surface area (Å²) in [6.07, 6.45) is 5.94. The van der Waals surface area contributed by atoms with Gasteiger partial charge in [0.05, 0.1) is 6.10 Å². The molecule has 33 heavy (non-hydrogen) atoms. The molecule has 0 aromatic heterocycles. The number of rotatable bonds is 12. The lowest BCUT2D eigenvalue weighted by molar-refractivity contribution is -0.160. The normalized spacial score (nSPS) is 25.6. The van der Waals surface area contributed by atoms with Crippen molar-refractivity contribution < 1.29 is 34.4 Å². The third-order valence-electron chi connectivity index (χ3n) is 7.25. The third kappa shape index (κ3) is 6.70. The van der Waals surface area contributed by atoms with Gasteiger partial charge in [-0.3, -0.25) is 0 Å². The van der Waals surface area contributed by atoms with E-state index in [0.29, 0.717) is 24.5 Å². The van der Waals surface area contributed by atoms with Crippen LogP contribution in [0.1, 0.15) is 69.9 Å². The van der Waals surface area contributed by atoms with Crippen LogP contribution in [0.15, 0.2) is 18.2 Å². The van der Waals surface area contributed by atoms with Gasteiger partial charge in [0, 0.05) is 0 Å². The first-order valence-corrected chi connectivity index (χ1v) is 12.3. The maximum Gasteiger partial charge on any atom is 0.341 e. The van der Waals surface area contributed by atoms with E-state index in [2.05, 4.69) is 13.0 Å². The van der Waals surface area contributed by atoms with Crippen LogP contribution >= 0.6 is 0 Å². The topological polar surface area (TPSA) is 113 Å². The van der Waals surface area contributed by atoms with Gasteiger partial charge in [-0.1, -0.05) is 38.3 Å². The Morgan fingerprint density at radius 1 is 1.15 bits per heavy atom. The smallest absolute Gasteiger partial charge is 0.341 e. The van der Waals surface area contributed by atoms with Gasteiger partial charge < -0.3 is 24.8 Å². The molecule has 1 aromatic carbocycles. The number of fused-ring (bicyclic) bond motifs is 2. The van der Waals surface area contributed by atoms with Gasteiger partial charge in [0.1, 0.15) is 18.0 Å². The highest BCUT2D eigenvalue weighted by molar-refractivity contribution is 5.74. The number of aliphatic hydroxyl groups is 2. The van der Waals surface area contributed by atoms with Crippen molar-refractivity contribution in [2.24, 2.45) is 17.8 Å². The largest absolute Gasteiger partial charge is 0.482 e. The number of carbonyl (C=O) groups is 2. The first-order chi connectivity index (χ1) is 15.8. The lowest BCUT2D eigenvalue weighted by Gasteiger charge is -2.32. The molecule has 3 N–H and O–H groups in total. The zero-order valence-electron chi connectivity index (χ0n) is 19.7. The molecule has 2 aliphatic carbocycles. The summed E-state index contributed by atoms with van der Waals surface area (Å²) in [7, 11) is 0. The van der Waals surface area contributed by atoms with E-state index in [4.69, 9.17) is 14.6 Å². The molecule has 7 nitrogen and oxygen atoms in total. The SMILES string of the molecule is CCCCC[C@H](O)CC[C@@H]1[C@H]2Cc3cccc(OCC(=O)O)c3C[C@H]2C[C@H]1OC(=O)[C@H](C)O. The molecule has 0 heterocycles. The Balaban J connectivity index is 1.74. The number of esters is 1. The molecule has 0 saturated heterocycles. The van der Waals surface area contributed by atoms with Crippen LogP contribution in [0.3, 0.4) is 0 Å². The van der Waals surface area contributed by atoms with E-state index in [9.17, 15) is 19.8 Å². The molecule has 0 bridgehead atoms. The van der Waals surface area contributed by atoms with E-state index in [1.54, 1.807) is 0 Å². The lowest BCUT2D eigenvalue weighted by Crippen LogP contribution is -2.32. The van der Waals surface area contributed by atoms with Crippen LogP contribution in [0.4, 0.5) is 0 Å². The van der Waals surface area contributed by atoms with Crippen molar-refractivity contribution in [3.8, 4) is 5.75 Å². The Labute approximate surface area is 196 Å². The molecule has 0 aliphatic heterocycles. The molecule has 7 heteroatoms. The summed E-state index contributed by atoms with van der Waals surface area (Å²) in [6, 6.07) is 5.76. The second kappa shape index (κ2) is 11.8. The number of aliphatic hydroxyl groups excluding tert-OH is 2. The van der Waals surface area contributed by atoms with Gasteiger partial charge in [-0.2, -0.15) is 0 Å². The summed E-state index contributed by atoms with van der Waals surface area (Å²) in [5.74, 6) is -0.293. The van der Waals surface area contributed by atoms with E-state index in [1.165, 1.54) is 6.92 Å². The number of carbonyl (C=O) groups excluding carboxylic acids is 1. The van der Waals surface area contributed by atoms with Crippen LogP contribution in [0.25, 0.3) is 0 Å². The van der Waals surface area contributed by atoms with Crippen LogP contribution in [0.5, 0.6) is 5.75 Å². The van der Waals surface area contributed by atoms with Gasteiger partial charge >= 0.3 is 11.9 Å². The summed E-state index contributed by atoms with van der Waals surface area (Å²) >= 11 is 0. The molecule has 0 unspecified atom stereocenters. The van der Waals surface area contributed by atoms with E-state index in [0.717, 1.165) is 56.1 Å². The van der Waals surface area contributed by atoms with Crippen LogP contribution in [-0.2, 0) is 27.2 Å². The van der Waals surface area contributed by atoms with E-state index in [-0.39, 0.29) is 30.7 Å². The number of carboxylic acids is 1. The highest BCUT2D eigenvalue weighted by Crippen LogP contribution is 2.49. The molecule has 184 valence electrons.